The fourth-order valence-electron chi connectivity index (χ4n) is 2.43. The number of nitrogens with zero attached hydrogens (tertiary/aromatic N) is 1. The number of carbonyl (C=O) groups excluding carboxylic acids is 1. The van der Waals surface area contributed by atoms with Gasteiger partial charge in [-0.25, -0.2) is 9.78 Å². The molecule has 1 heterocycles. The van der Waals surface area contributed by atoms with Gasteiger partial charge in [-0.2, -0.15) is 0 Å². The Labute approximate surface area is 147 Å². The summed E-state index contributed by atoms with van der Waals surface area (Å²) in [4.78, 5) is 16.6. The molecule has 7 heteroatoms. The minimum Gasteiger partial charge on any atom is -0.452 e. The van der Waals surface area contributed by atoms with Crippen LogP contribution in [0.1, 0.15) is 20.3 Å². The zero-order valence-electron chi connectivity index (χ0n) is 13.7. The fourth-order valence-corrected chi connectivity index (χ4v) is 3.57. The van der Waals surface area contributed by atoms with Crippen LogP contribution in [0.3, 0.4) is 0 Å². The number of aromatic nitrogens is 1. The number of ether oxygens (including phenoxy) is 1. The van der Waals surface area contributed by atoms with Gasteiger partial charge in [0.05, 0.1) is 10.5 Å². The second-order valence-electron chi connectivity index (χ2n) is 5.99. The van der Waals surface area contributed by atoms with Gasteiger partial charge in [-0.05, 0) is 24.5 Å². The molecule has 2 unspecified atom stereocenters. The van der Waals surface area contributed by atoms with E-state index in [0.717, 1.165) is 15.9 Å². The highest BCUT2D eigenvalue weighted by Gasteiger charge is 2.41. The number of carbonyl (C=O) groups is 1. The molecule has 5 nitrogen and oxygen atoms in total. The number of hydrogen-bond donors (Lipinski definition) is 1. The summed E-state index contributed by atoms with van der Waals surface area (Å²) < 4.78 is 16.1. The minimum atomic E-state index is -1.69. The van der Waals surface area contributed by atoms with Crippen molar-refractivity contribution in [1.29, 1.82) is 0 Å². The topological polar surface area (TPSA) is 76.5 Å². The van der Waals surface area contributed by atoms with Gasteiger partial charge >= 0.3 is 14.4 Å². The highest BCUT2D eigenvalue weighted by Crippen LogP contribution is 2.25. The van der Waals surface area contributed by atoms with Crippen molar-refractivity contribution in [3.8, 4) is 0 Å². The maximum Gasteiger partial charge on any atom is 0.343 e. The Bertz CT molecular complexity index is 725. The van der Waals surface area contributed by atoms with Crippen molar-refractivity contribution in [3.63, 3.8) is 0 Å². The normalized spacial score (nSPS) is 14.0. The van der Waals surface area contributed by atoms with Crippen LogP contribution < -0.4 is 0 Å². The van der Waals surface area contributed by atoms with Crippen molar-refractivity contribution < 1.29 is 19.2 Å². The SMILES string of the molecule is CC(C)CC(O)(C[PH+]=O)C(=O)OCSc1ccc2ccccc2n1. The third-order valence-corrected chi connectivity index (χ3v) is 4.95. The van der Waals surface area contributed by atoms with Gasteiger partial charge in [-0.3, -0.25) is 0 Å². The monoisotopic (exact) mass is 366 g/mol. The molecule has 0 aliphatic rings. The molecule has 128 valence electrons. The maximum absolute atomic E-state index is 12.2. The molecule has 0 radical (unpaired) electrons. The van der Waals surface area contributed by atoms with Crippen LogP contribution in [-0.4, -0.2) is 33.8 Å². The van der Waals surface area contributed by atoms with Crippen LogP contribution in [-0.2, 0) is 14.1 Å². The van der Waals surface area contributed by atoms with Gasteiger partial charge in [0.1, 0.15) is 5.94 Å². The molecule has 0 spiro atoms. The molecular formula is C17H21NO4PS+. The van der Waals surface area contributed by atoms with Crippen LogP contribution >= 0.6 is 20.2 Å². The highest BCUT2D eigenvalue weighted by atomic mass is 32.2. The summed E-state index contributed by atoms with van der Waals surface area (Å²) in [5.41, 5.74) is -0.816. The van der Waals surface area contributed by atoms with E-state index in [1.165, 1.54) is 11.8 Å². The first-order valence-electron chi connectivity index (χ1n) is 7.68. The highest BCUT2D eigenvalue weighted by molar-refractivity contribution is 7.99. The van der Waals surface area contributed by atoms with Crippen molar-refractivity contribution in [2.75, 3.05) is 12.1 Å². The third kappa shape index (κ3) is 5.00. The van der Waals surface area contributed by atoms with Crippen molar-refractivity contribution in [2.45, 2.75) is 30.9 Å². The van der Waals surface area contributed by atoms with Crippen molar-refractivity contribution >= 4 is 37.1 Å². The number of rotatable bonds is 8. The summed E-state index contributed by atoms with van der Waals surface area (Å²) in [5, 5.41) is 12.2. The van der Waals surface area contributed by atoms with Crippen molar-refractivity contribution in [2.24, 2.45) is 5.92 Å². The van der Waals surface area contributed by atoms with Crippen LogP contribution in [0.2, 0.25) is 0 Å². The lowest BCUT2D eigenvalue weighted by Crippen LogP contribution is -2.43. The van der Waals surface area contributed by atoms with Gasteiger partial charge in [0, 0.05) is 5.39 Å². The molecule has 0 saturated carbocycles. The van der Waals surface area contributed by atoms with Gasteiger partial charge in [0.2, 0.25) is 5.60 Å². The molecule has 1 aromatic carbocycles. The third-order valence-electron chi connectivity index (χ3n) is 3.46. The molecule has 0 aliphatic carbocycles. The molecule has 24 heavy (non-hydrogen) atoms. The smallest absolute Gasteiger partial charge is 0.343 e. The standard InChI is InChI=1S/C17H20NO4PS/c1-12(2)9-17(20,10-23-21)16(19)22-11-24-15-8-7-13-5-3-4-6-14(13)18-15/h3-8,12,20H,9-11H2,1-2H3/p+1. The molecule has 2 aromatic rings. The Kier molecular flexibility index (Phi) is 6.72. The van der Waals surface area contributed by atoms with E-state index in [0.29, 0.717) is 0 Å². The van der Waals surface area contributed by atoms with Gasteiger partial charge < -0.3 is 9.84 Å². The summed E-state index contributed by atoms with van der Waals surface area (Å²) in [5.74, 6) is -0.589. The van der Waals surface area contributed by atoms with E-state index in [4.69, 9.17) is 4.74 Å². The molecule has 2 rings (SSSR count). The van der Waals surface area contributed by atoms with E-state index < -0.39 is 20.0 Å². The van der Waals surface area contributed by atoms with Gasteiger partial charge in [0.25, 0.3) is 0 Å². The number of para-hydroxylation sites is 1. The molecule has 0 aliphatic heterocycles. The first kappa shape index (κ1) is 18.8. The number of pyridine rings is 1. The summed E-state index contributed by atoms with van der Waals surface area (Å²) in [6.07, 6.45) is 0.114. The second kappa shape index (κ2) is 8.56. The Morgan fingerprint density at radius 1 is 1.33 bits per heavy atom. The lowest BCUT2D eigenvalue weighted by molar-refractivity contribution is -0.162. The van der Waals surface area contributed by atoms with Crippen LogP contribution in [0.4, 0.5) is 0 Å². The largest absolute Gasteiger partial charge is 0.452 e. The summed E-state index contributed by atoms with van der Waals surface area (Å²) >= 11 is 1.28. The Balaban J connectivity index is 1.95. The van der Waals surface area contributed by atoms with E-state index >= 15 is 0 Å². The van der Waals surface area contributed by atoms with Gasteiger partial charge in [0.15, 0.2) is 6.16 Å². The van der Waals surface area contributed by atoms with E-state index in [1.54, 1.807) is 0 Å². The second-order valence-corrected chi connectivity index (χ2v) is 7.57. The zero-order chi connectivity index (χ0) is 17.6. The Morgan fingerprint density at radius 3 is 2.79 bits per heavy atom. The Hall–Kier alpha value is -1.49. The average Bonchev–Trinajstić information content (AvgIpc) is 2.54. The molecule has 0 fully saturated rings. The summed E-state index contributed by atoms with van der Waals surface area (Å²) in [6, 6.07) is 11.6. The molecule has 0 saturated heterocycles. The van der Waals surface area contributed by atoms with Gasteiger partial charge in [-0.1, -0.05) is 54.4 Å². The van der Waals surface area contributed by atoms with E-state index in [9.17, 15) is 14.5 Å². The van der Waals surface area contributed by atoms with Crippen LogP contribution in [0.15, 0.2) is 41.4 Å². The van der Waals surface area contributed by atoms with Crippen LogP contribution in [0, 0.1) is 5.92 Å². The number of aliphatic hydroxyl groups is 1. The fraction of sp³-hybridized carbons (Fsp3) is 0.412. The first-order chi connectivity index (χ1) is 11.4. The zero-order valence-corrected chi connectivity index (χ0v) is 15.5. The molecule has 1 N–H and O–H groups in total. The lowest BCUT2D eigenvalue weighted by atomic mass is 9.94. The minimum absolute atomic E-state index is 0.0482. The van der Waals surface area contributed by atoms with E-state index in [2.05, 4.69) is 4.98 Å². The van der Waals surface area contributed by atoms with E-state index in [1.807, 2.05) is 50.2 Å². The number of thioether (sulfide) groups is 1. The van der Waals surface area contributed by atoms with Crippen LogP contribution in [0.5, 0.6) is 0 Å². The Morgan fingerprint density at radius 2 is 2.08 bits per heavy atom. The quantitative estimate of drug-likeness (QED) is 0.333. The number of fused-ring (bicyclic) bond motifs is 1. The predicted octanol–water partition coefficient (Wildman–Crippen LogP) is 3.63. The van der Waals surface area contributed by atoms with Crippen LogP contribution in [0.25, 0.3) is 10.9 Å². The molecule has 1 aromatic heterocycles. The molecular weight excluding hydrogens is 345 g/mol. The van der Waals surface area contributed by atoms with Gasteiger partial charge in [-0.15, -0.1) is 0 Å². The van der Waals surface area contributed by atoms with Crippen molar-refractivity contribution in [3.05, 3.63) is 36.4 Å². The van der Waals surface area contributed by atoms with Crippen molar-refractivity contribution in [1.82, 2.24) is 4.98 Å². The summed E-state index contributed by atoms with van der Waals surface area (Å²) in [6.45, 7) is 3.78. The predicted molar refractivity (Wildman–Crippen MR) is 96.8 cm³/mol. The molecule has 0 bridgehead atoms. The average molecular weight is 366 g/mol. The number of hydrogen-bond acceptors (Lipinski definition) is 6. The molecule has 2 atom stereocenters. The first-order valence-corrected chi connectivity index (χ1v) is 9.78. The number of esters is 1. The summed E-state index contributed by atoms with van der Waals surface area (Å²) in [7, 11) is -0.752. The van der Waals surface area contributed by atoms with E-state index in [-0.39, 0.29) is 24.4 Å². The molecule has 0 amide bonds. The lowest BCUT2D eigenvalue weighted by Gasteiger charge is -2.22. The number of benzene rings is 1. The maximum atomic E-state index is 12.2.